The van der Waals surface area contributed by atoms with Crippen LogP contribution < -0.4 is 10.1 Å². The largest absolute Gasteiger partial charge is 0.497 e. The first-order chi connectivity index (χ1) is 9.81. The summed E-state index contributed by atoms with van der Waals surface area (Å²) in [4.78, 5) is 4.21. The third-order valence-electron chi connectivity index (χ3n) is 3.57. The first-order valence-electron chi connectivity index (χ1n) is 6.78. The molecule has 0 saturated heterocycles. The van der Waals surface area contributed by atoms with Gasteiger partial charge >= 0.3 is 0 Å². The molecule has 3 rings (SSSR count). The minimum atomic E-state index is 0.307. The Hall–Kier alpha value is -1.46. The van der Waals surface area contributed by atoms with E-state index in [-0.39, 0.29) is 0 Å². The number of oxazole rings is 1. The summed E-state index contributed by atoms with van der Waals surface area (Å²) in [5, 5.41) is 4.70. The summed E-state index contributed by atoms with van der Waals surface area (Å²) in [5.41, 5.74) is 2.70. The molecular formula is C15H18N2O2S. The molecule has 0 saturated carbocycles. The van der Waals surface area contributed by atoms with Crippen LogP contribution in [0, 0.1) is 0 Å². The second-order valence-corrected chi connectivity index (χ2v) is 5.95. The van der Waals surface area contributed by atoms with E-state index in [4.69, 9.17) is 9.15 Å². The number of methoxy groups -OCH3 is 1. The van der Waals surface area contributed by atoms with Gasteiger partial charge in [0.1, 0.15) is 12.0 Å². The molecule has 0 radical (unpaired) electrons. The zero-order chi connectivity index (χ0) is 13.9. The molecule has 20 heavy (non-hydrogen) atoms. The Morgan fingerprint density at radius 2 is 2.40 bits per heavy atom. The van der Waals surface area contributed by atoms with Crippen LogP contribution in [0.4, 0.5) is 0 Å². The van der Waals surface area contributed by atoms with Crippen LogP contribution in [0.2, 0.25) is 0 Å². The van der Waals surface area contributed by atoms with Crippen LogP contribution in [0.1, 0.15) is 24.1 Å². The highest BCUT2D eigenvalue weighted by Gasteiger charge is 2.33. The van der Waals surface area contributed by atoms with Crippen molar-refractivity contribution in [3.8, 4) is 5.75 Å². The fraction of sp³-hybridized carbons (Fsp3) is 0.400. The molecule has 0 bridgehead atoms. The van der Waals surface area contributed by atoms with Gasteiger partial charge in [0.05, 0.1) is 13.3 Å². The van der Waals surface area contributed by atoms with Crippen LogP contribution in [0.5, 0.6) is 5.75 Å². The average molecular weight is 290 g/mol. The van der Waals surface area contributed by atoms with Gasteiger partial charge in [-0.3, -0.25) is 0 Å². The van der Waals surface area contributed by atoms with E-state index in [2.05, 4.69) is 29.4 Å². The molecule has 0 fully saturated rings. The van der Waals surface area contributed by atoms with Gasteiger partial charge in [0.2, 0.25) is 0 Å². The van der Waals surface area contributed by atoms with Gasteiger partial charge in [-0.25, -0.2) is 4.98 Å². The molecule has 1 aliphatic rings. The number of rotatable bonds is 5. The first-order valence-corrected chi connectivity index (χ1v) is 7.66. The lowest BCUT2D eigenvalue weighted by Crippen LogP contribution is -2.26. The van der Waals surface area contributed by atoms with E-state index in [1.54, 1.807) is 31.3 Å². The van der Waals surface area contributed by atoms with Crippen LogP contribution in [0.25, 0.3) is 0 Å². The molecule has 0 amide bonds. The molecule has 2 aromatic rings. The van der Waals surface area contributed by atoms with Crippen molar-refractivity contribution in [1.82, 2.24) is 10.3 Å². The summed E-state index contributed by atoms with van der Waals surface area (Å²) >= 11 is 1.69. The highest BCUT2D eigenvalue weighted by atomic mass is 32.2. The van der Waals surface area contributed by atoms with E-state index in [0.717, 1.165) is 23.9 Å². The summed E-state index contributed by atoms with van der Waals surface area (Å²) in [5.74, 6) is 0.911. The van der Waals surface area contributed by atoms with Crippen LogP contribution in [-0.2, 0) is 6.42 Å². The third-order valence-corrected chi connectivity index (χ3v) is 4.71. The van der Waals surface area contributed by atoms with Crippen molar-refractivity contribution >= 4 is 11.8 Å². The predicted molar refractivity (Wildman–Crippen MR) is 79.3 cm³/mol. The van der Waals surface area contributed by atoms with Gasteiger partial charge in [-0.05, 0) is 36.2 Å². The number of fused-ring (bicyclic) bond motifs is 1. The number of nitrogens with one attached hydrogen (secondary N) is 1. The number of benzene rings is 1. The Morgan fingerprint density at radius 1 is 1.50 bits per heavy atom. The van der Waals surface area contributed by atoms with Gasteiger partial charge in [-0.2, -0.15) is 0 Å². The van der Waals surface area contributed by atoms with E-state index in [1.807, 2.05) is 6.07 Å². The van der Waals surface area contributed by atoms with Crippen molar-refractivity contribution in [3.63, 3.8) is 0 Å². The van der Waals surface area contributed by atoms with E-state index >= 15 is 0 Å². The van der Waals surface area contributed by atoms with Gasteiger partial charge in [-0.15, -0.1) is 0 Å². The second kappa shape index (κ2) is 5.89. The Bertz CT molecular complexity index is 571. The maximum Gasteiger partial charge on any atom is 0.255 e. The van der Waals surface area contributed by atoms with Crippen LogP contribution in [0.15, 0.2) is 40.3 Å². The average Bonchev–Trinajstić information content (AvgIpc) is 3.08. The summed E-state index contributed by atoms with van der Waals surface area (Å²) in [7, 11) is 1.71. The minimum absolute atomic E-state index is 0.307. The van der Waals surface area contributed by atoms with Crippen molar-refractivity contribution < 1.29 is 9.15 Å². The SMILES string of the molecule is CCNC1c2cc(OC)ccc2CC1Sc1ncco1. The maximum absolute atomic E-state index is 5.37. The van der Waals surface area contributed by atoms with Crippen molar-refractivity contribution in [3.05, 3.63) is 41.8 Å². The lowest BCUT2D eigenvalue weighted by molar-refractivity contribution is 0.413. The van der Waals surface area contributed by atoms with Crippen molar-refractivity contribution in [1.29, 1.82) is 0 Å². The minimum Gasteiger partial charge on any atom is -0.497 e. The van der Waals surface area contributed by atoms with Gasteiger partial charge in [0.25, 0.3) is 5.22 Å². The van der Waals surface area contributed by atoms with E-state index in [1.165, 1.54) is 11.1 Å². The lowest BCUT2D eigenvalue weighted by atomic mass is 10.1. The molecular weight excluding hydrogens is 272 g/mol. The molecule has 2 atom stereocenters. The Balaban J connectivity index is 1.86. The molecule has 2 unspecified atom stereocenters. The molecule has 5 heteroatoms. The molecule has 0 spiro atoms. The number of ether oxygens (including phenoxy) is 1. The normalized spacial score (nSPS) is 20.9. The molecule has 1 aromatic heterocycles. The van der Waals surface area contributed by atoms with Gasteiger partial charge in [0, 0.05) is 11.3 Å². The van der Waals surface area contributed by atoms with Crippen molar-refractivity contribution in [2.75, 3.05) is 13.7 Å². The van der Waals surface area contributed by atoms with Gasteiger partial charge in [0.15, 0.2) is 0 Å². The topological polar surface area (TPSA) is 47.3 Å². The van der Waals surface area contributed by atoms with Crippen LogP contribution in [0.3, 0.4) is 0 Å². The smallest absolute Gasteiger partial charge is 0.255 e. The molecule has 4 nitrogen and oxygen atoms in total. The zero-order valence-corrected chi connectivity index (χ0v) is 12.4. The van der Waals surface area contributed by atoms with Crippen LogP contribution in [-0.4, -0.2) is 23.9 Å². The van der Waals surface area contributed by atoms with Crippen molar-refractivity contribution in [2.45, 2.75) is 29.9 Å². The number of aromatic nitrogens is 1. The number of hydrogen-bond acceptors (Lipinski definition) is 5. The van der Waals surface area contributed by atoms with E-state index in [9.17, 15) is 0 Å². The van der Waals surface area contributed by atoms with E-state index in [0.29, 0.717) is 11.3 Å². The molecule has 1 heterocycles. The van der Waals surface area contributed by atoms with Crippen molar-refractivity contribution in [2.24, 2.45) is 0 Å². The highest BCUT2D eigenvalue weighted by molar-refractivity contribution is 7.99. The summed E-state index contributed by atoms with van der Waals surface area (Å²) in [6.07, 6.45) is 4.33. The molecule has 1 N–H and O–H groups in total. The predicted octanol–water partition coefficient (Wildman–Crippen LogP) is 3.05. The summed E-state index contributed by atoms with van der Waals surface area (Å²) < 4.78 is 10.7. The highest BCUT2D eigenvalue weighted by Crippen LogP contribution is 2.42. The van der Waals surface area contributed by atoms with Gasteiger partial charge in [-0.1, -0.05) is 24.8 Å². The van der Waals surface area contributed by atoms with Crippen LogP contribution >= 0.6 is 11.8 Å². The number of thioether (sulfide) groups is 1. The summed E-state index contributed by atoms with van der Waals surface area (Å²) in [6, 6.07) is 6.63. The molecule has 0 aliphatic heterocycles. The molecule has 1 aliphatic carbocycles. The second-order valence-electron chi connectivity index (χ2n) is 4.76. The zero-order valence-electron chi connectivity index (χ0n) is 11.6. The maximum atomic E-state index is 5.37. The third kappa shape index (κ3) is 2.55. The molecule has 106 valence electrons. The summed E-state index contributed by atoms with van der Waals surface area (Å²) in [6.45, 7) is 3.06. The fourth-order valence-corrected chi connectivity index (χ4v) is 3.81. The Morgan fingerprint density at radius 3 is 3.10 bits per heavy atom. The Kier molecular flexibility index (Phi) is 3.98. The Labute approximate surface area is 122 Å². The van der Waals surface area contributed by atoms with E-state index < -0.39 is 0 Å². The quantitative estimate of drug-likeness (QED) is 0.917. The number of nitrogens with zero attached hydrogens (tertiary/aromatic N) is 1. The lowest BCUT2D eigenvalue weighted by Gasteiger charge is -2.19. The van der Waals surface area contributed by atoms with Gasteiger partial charge < -0.3 is 14.5 Å². The monoisotopic (exact) mass is 290 g/mol. The first kappa shape index (κ1) is 13.5. The standard InChI is InChI=1S/C15H18N2O2S/c1-3-16-14-12-9-11(18-2)5-4-10(12)8-13(14)20-15-17-6-7-19-15/h4-7,9,13-14,16H,3,8H2,1-2H3. The fourth-order valence-electron chi connectivity index (χ4n) is 2.68. The number of hydrogen-bond donors (Lipinski definition) is 1. The molecule has 1 aromatic carbocycles.